The van der Waals surface area contributed by atoms with Crippen molar-refractivity contribution in [3.63, 3.8) is 0 Å². The highest BCUT2D eigenvalue weighted by Gasteiger charge is 2.10. The number of carbonyl (C=O) groups excluding carboxylic acids is 1. The zero-order chi connectivity index (χ0) is 12.8. The van der Waals surface area contributed by atoms with Crippen LogP contribution in [-0.2, 0) is 11.3 Å². The van der Waals surface area contributed by atoms with Crippen molar-refractivity contribution >= 4 is 5.91 Å². The molecule has 1 atom stereocenters. The molecular formula is C14H18N2O. The summed E-state index contributed by atoms with van der Waals surface area (Å²) in [5.41, 5.74) is 2.33. The van der Waals surface area contributed by atoms with Gasteiger partial charge in [0.2, 0.25) is 5.91 Å². The third kappa shape index (κ3) is 3.92. The second kappa shape index (κ2) is 6.05. The maximum absolute atomic E-state index is 11.4. The SMILES string of the molecule is CC(C#N)C(=O)NCc1ccc(C(C)C)cc1. The monoisotopic (exact) mass is 230 g/mol. The predicted molar refractivity (Wildman–Crippen MR) is 67.2 cm³/mol. The first-order chi connectivity index (χ1) is 8.04. The number of nitrogens with zero attached hydrogens (tertiary/aromatic N) is 1. The Bertz CT molecular complexity index is 415. The highest BCUT2D eigenvalue weighted by molar-refractivity contribution is 5.80. The van der Waals surface area contributed by atoms with Crippen LogP contribution in [-0.4, -0.2) is 5.91 Å². The first-order valence-electron chi connectivity index (χ1n) is 5.80. The van der Waals surface area contributed by atoms with E-state index in [-0.39, 0.29) is 5.91 Å². The van der Waals surface area contributed by atoms with Gasteiger partial charge in [-0.1, -0.05) is 38.1 Å². The molecule has 0 radical (unpaired) electrons. The van der Waals surface area contributed by atoms with Crippen molar-refractivity contribution in [2.45, 2.75) is 33.2 Å². The summed E-state index contributed by atoms with van der Waals surface area (Å²) in [5.74, 6) is -0.303. The second-order valence-electron chi connectivity index (χ2n) is 4.46. The number of hydrogen-bond acceptors (Lipinski definition) is 2. The highest BCUT2D eigenvalue weighted by Crippen LogP contribution is 2.14. The summed E-state index contributed by atoms with van der Waals surface area (Å²) in [6, 6.07) is 10.1. The molecule has 1 aromatic carbocycles. The Morgan fingerprint density at radius 1 is 1.29 bits per heavy atom. The molecule has 0 aliphatic carbocycles. The van der Waals surface area contributed by atoms with E-state index < -0.39 is 5.92 Å². The van der Waals surface area contributed by atoms with Gasteiger partial charge in [0.1, 0.15) is 5.92 Å². The van der Waals surface area contributed by atoms with E-state index in [0.717, 1.165) is 5.56 Å². The van der Waals surface area contributed by atoms with Crippen LogP contribution in [0.3, 0.4) is 0 Å². The van der Waals surface area contributed by atoms with Crippen LogP contribution in [0.5, 0.6) is 0 Å². The fourth-order valence-corrected chi connectivity index (χ4v) is 1.42. The molecule has 1 rings (SSSR count). The Kier molecular flexibility index (Phi) is 4.71. The summed E-state index contributed by atoms with van der Waals surface area (Å²) in [6.45, 7) is 6.36. The topological polar surface area (TPSA) is 52.9 Å². The number of nitriles is 1. The van der Waals surface area contributed by atoms with Crippen LogP contribution in [0.15, 0.2) is 24.3 Å². The fraction of sp³-hybridized carbons (Fsp3) is 0.429. The first-order valence-corrected chi connectivity index (χ1v) is 5.80. The molecular weight excluding hydrogens is 212 g/mol. The number of hydrogen-bond donors (Lipinski definition) is 1. The first kappa shape index (κ1) is 13.2. The van der Waals surface area contributed by atoms with Gasteiger partial charge in [0.25, 0.3) is 0 Å². The molecule has 0 bridgehead atoms. The molecule has 0 saturated carbocycles. The minimum Gasteiger partial charge on any atom is -0.351 e. The van der Waals surface area contributed by atoms with Crippen LogP contribution in [0.4, 0.5) is 0 Å². The Balaban J connectivity index is 2.54. The molecule has 3 nitrogen and oxygen atoms in total. The average molecular weight is 230 g/mol. The van der Waals surface area contributed by atoms with Crippen molar-refractivity contribution in [1.29, 1.82) is 5.26 Å². The van der Waals surface area contributed by atoms with E-state index in [1.807, 2.05) is 18.2 Å². The standard InChI is InChI=1S/C14H18N2O/c1-10(2)13-6-4-12(5-7-13)9-16-14(17)11(3)8-15/h4-7,10-11H,9H2,1-3H3,(H,16,17). The van der Waals surface area contributed by atoms with Crippen LogP contribution >= 0.6 is 0 Å². The molecule has 3 heteroatoms. The van der Waals surface area contributed by atoms with E-state index in [1.54, 1.807) is 6.92 Å². The zero-order valence-electron chi connectivity index (χ0n) is 10.5. The third-order valence-electron chi connectivity index (χ3n) is 2.70. The molecule has 0 spiro atoms. The molecule has 0 aromatic heterocycles. The Morgan fingerprint density at radius 2 is 1.88 bits per heavy atom. The summed E-state index contributed by atoms with van der Waals surface area (Å²) in [4.78, 5) is 11.4. The van der Waals surface area contributed by atoms with Gasteiger partial charge in [-0.2, -0.15) is 5.26 Å². The summed E-state index contributed by atoms with van der Waals surface area (Å²) in [5, 5.41) is 11.3. The van der Waals surface area contributed by atoms with Crippen LogP contribution in [0, 0.1) is 17.2 Å². The Hall–Kier alpha value is -1.82. The summed E-state index contributed by atoms with van der Waals surface area (Å²) >= 11 is 0. The minimum atomic E-state index is -0.593. The molecule has 0 heterocycles. The van der Waals surface area contributed by atoms with Crippen LogP contribution in [0.25, 0.3) is 0 Å². The second-order valence-corrected chi connectivity index (χ2v) is 4.46. The van der Waals surface area contributed by atoms with E-state index in [1.165, 1.54) is 5.56 Å². The molecule has 0 aliphatic heterocycles. The van der Waals surface area contributed by atoms with E-state index in [9.17, 15) is 4.79 Å². The quantitative estimate of drug-likeness (QED) is 0.864. The van der Waals surface area contributed by atoms with Gasteiger partial charge >= 0.3 is 0 Å². The van der Waals surface area contributed by atoms with Crippen LogP contribution in [0.2, 0.25) is 0 Å². The van der Waals surface area contributed by atoms with Gasteiger partial charge in [-0.3, -0.25) is 4.79 Å². The van der Waals surface area contributed by atoms with Gasteiger partial charge in [-0.25, -0.2) is 0 Å². The molecule has 0 fully saturated rings. The molecule has 1 aromatic rings. The average Bonchev–Trinajstić information content (AvgIpc) is 2.35. The molecule has 0 saturated heterocycles. The number of benzene rings is 1. The van der Waals surface area contributed by atoms with E-state index in [0.29, 0.717) is 12.5 Å². The molecule has 1 unspecified atom stereocenters. The number of carbonyl (C=O) groups is 1. The van der Waals surface area contributed by atoms with Crippen LogP contribution in [0.1, 0.15) is 37.8 Å². The van der Waals surface area contributed by atoms with Crippen molar-refractivity contribution in [2.75, 3.05) is 0 Å². The molecule has 1 N–H and O–H groups in total. The van der Waals surface area contributed by atoms with Gasteiger partial charge in [-0.15, -0.1) is 0 Å². The maximum atomic E-state index is 11.4. The van der Waals surface area contributed by atoms with E-state index in [2.05, 4.69) is 31.3 Å². The summed E-state index contributed by atoms with van der Waals surface area (Å²) in [6.07, 6.45) is 0. The Morgan fingerprint density at radius 3 is 2.35 bits per heavy atom. The smallest absolute Gasteiger partial charge is 0.237 e. The van der Waals surface area contributed by atoms with Gasteiger partial charge in [-0.05, 0) is 24.0 Å². The van der Waals surface area contributed by atoms with Gasteiger partial charge < -0.3 is 5.32 Å². The highest BCUT2D eigenvalue weighted by atomic mass is 16.1. The van der Waals surface area contributed by atoms with Crippen molar-refractivity contribution in [2.24, 2.45) is 5.92 Å². The summed E-state index contributed by atoms with van der Waals surface area (Å²) in [7, 11) is 0. The van der Waals surface area contributed by atoms with Crippen molar-refractivity contribution < 1.29 is 4.79 Å². The summed E-state index contributed by atoms with van der Waals surface area (Å²) < 4.78 is 0. The van der Waals surface area contributed by atoms with E-state index in [4.69, 9.17) is 5.26 Å². The lowest BCUT2D eigenvalue weighted by atomic mass is 10.0. The number of rotatable bonds is 4. The molecule has 90 valence electrons. The van der Waals surface area contributed by atoms with Gasteiger partial charge in [0.05, 0.1) is 6.07 Å². The molecule has 0 aliphatic rings. The molecule has 17 heavy (non-hydrogen) atoms. The van der Waals surface area contributed by atoms with Gasteiger partial charge in [0.15, 0.2) is 0 Å². The van der Waals surface area contributed by atoms with Crippen LogP contribution < -0.4 is 5.32 Å². The number of amides is 1. The lowest BCUT2D eigenvalue weighted by Gasteiger charge is -2.08. The third-order valence-corrected chi connectivity index (χ3v) is 2.70. The normalized spacial score (nSPS) is 11.9. The predicted octanol–water partition coefficient (Wildman–Crippen LogP) is 2.59. The zero-order valence-corrected chi connectivity index (χ0v) is 10.5. The Labute approximate surface area is 102 Å². The molecule has 1 amide bonds. The fourth-order valence-electron chi connectivity index (χ4n) is 1.42. The maximum Gasteiger partial charge on any atom is 0.237 e. The number of nitrogens with one attached hydrogen (secondary N) is 1. The largest absolute Gasteiger partial charge is 0.351 e. The minimum absolute atomic E-state index is 0.222. The van der Waals surface area contributed by atoms with E-state index >= 15 is 0 Å². The van der Waals surface area contributed by atoms with Crippen molar-refractivity contribution in [3.05, 3.63) is 35.4 Å². The van der Waals surface area contributed by atoms with Crippen molar-refractivity contribution in [1.82, 2.24) is 5.32 Å². The van der Waals surface area contributed by atoms with Gasteiger partial charge in [0, 0.05) is 6.54 Å². The van der Waals surface area contributed by atoms with Crippen molar-refractivity contribution in [3.8, 4) is 6.07 Å². The lowest BCUT2D eigenvalue weighted by molar-refractivity contribution is -0.123. The lowest BCUT2D eigenvalue weighted by Crippen LogP contribution is -2.27.